The first-order valence-electron chi connectivity index (χ1n) is 12.7. The number of carbonyl (C=O) groups excluding carboxylic acids is 3. The van der Waals surface area contributed by atoms with Crippen molar-refractivity contribution in [3.63, 3.8) is 0 Å². The average molecular weight is 518 g/mol. The molecule has 0 saturated heterocycles. The Labute approximate surface area is 222 Å². The maximum absolute atomic E-state index is 13.5. The van der Waals surface area contributed by atoms with Gasteiger partial charge in [0, 0.05) is 29.8 Å². The van der Waals surface area contributed by atoms with Crippen LogP contribution >= 0.6 is 0 Å². The van der Waals surface area contributed by atoms with E-state index in [0.717, 1.165) is 16.8 Å². The number of anilines is 2. The zero-order valence-electron chi connectivity index (χ0n) is 22.5. The number of hydrogen-bond acceptors (Lipinski definition) is 5. The predicted octanol–water partition coefficient (Wildman–Crippen LogP) is 4.07. The lowest BCUT2D eigenvalue weighted by atomic mass is 10.0. The molecule has 10 nitrogen and oxygen atoms in total. The van der Waals surface area contributed by atoms with Crippen molar-refractivity contribution in [2.75, 3.05) is 31.3 Å². The molecule has 0 unspecified atom stereocenters. The Kier molecular flexibility index (Phi) is 7.82. The molecule has 0 aliphatic carbocycles. The van der Waals surface area contributed by atoms with Crippen LogP contribution in [-0.4, -0.2) is 58.5 Å². The highest BCUT2D eigenvalue weighted by Crippen LogP contribution is 2.40. The van der Waals surface area contributed by atoms with Gasteiger partial charge in [0.15, 0.2) is 5.82 Å². The second-order valence-corrected chi connectivity index (χ2v) is 10.2. The number of fused-ring (bicyclic) bond motifs is 1. The molecule has 0 radical (unpaired) electrons. The van der Waals surface area contributed by atoms with Crippen molar-refractivity contribution >= 4 is 29.4 Å². The van der Waals surface area contributed by atoms with Gasteiger partial charge in [0.05, 0.1) is 23.8 Å². The summed E-state index contributed by atoms with van der Waals surface area (Å²) in [6.45, 7) is 6.63. The second-order valence-electron chi connectivity index (χ2n) is 10.2. The van der Waals surface area contributed by atoms with E-state index in [1.54, 1.807) is 36.1 Å². The van der Waals surface area contributed by atoms with Crippen molar-refractivity contribution in [2.45, 2.75) is 45.3 Å². The molecule has 0 fully saturated rings. The first-order valence-corrected chi connectivity index (χ1v) is 12.7. The number of amides is 4. The highest BCUT2D eigenvalue weighted by molar-refractivity contribution is 6.04. The maximum Gasteiger partial charge on any atom is 0.319 e. The number of nitrogens with one attached hydrogen (secondary N) is 4. The molecule has 38 heavy (non-hydrogen) atoms. The van der Waals surface area contributed by atoms with Crippen LogP contribution in [0.2, 0.25) is 0 Å². The maximum atomic E-state index is 13.5. The van der Waals surface area contributed by atoms with Crippen molar-refractivity contribution in [1.82, 2.24) is 25.3 Å². The number of urea groups is 1. The van der Waals surface area contributed by atoms with E-state index in [1.807, 2.05) is 63.2 Å². The molecule has 2 heterocycles. The minimum Gasteiger partial charge on any atom is -0.330 e. The Balaban J connectivity index is 1.47. The number of hydrogen-bond donors (Lipinski definition) is 4. The highest BCUT2D eigenvalue weighted by Gasteiger charge is 2.44. The molecule has 4 N–H and O–H groups in total. The third kappa shape index (κ3) is 5.70. The molecule has 200 valence electrons. The minimum absolute atomic E-state index is 0.0951. The van der Waals surface area contributed by atoms with Crippen molar-refractivity contribution in [2.24, 2.45) is 0 Å². The third-order valence-electron chi connectivity index (χ3n) is 6.75. The van der Waals surface area contributed by atoms with Crippen LogP contribution in [0.15, 0.2) is 54.6 Å². The Bertz CT molecular complexity index is 1300. The molecule has 0 bridgehead atoms. The van der Waals surface area contributed by atoms with Gasteiger partial charge >= 0.3 is 6.03 Å². The van der Waals surface area contributed by atoms with Crippen LogP contribution in [0.25, 0.3) is 0 Å². The van der Waals surface area contributed by atoms with E-state index < -0.39 is 5.54 Å². The number of carbonyl (C=O) groups is 3. The first kappa shape index (κ1) is 26.9. The van der Waals surface area contributed by atoms with Gasteiger partial charge in [-0.2, -0.15) is 5.10 Å². The van der Waals surface area contributed by atoms with E-state index in [9.17, 15) is 14.4 Å². The van der Waals surface area contributed by atoms with Crippen molar-refractivity contribution in [3.8, 4) is 0 Å². The largest absolute Gasteiger partial charge is 0.330 e. The zero-order chi connectivity index (χ0) is 27.4. The fourth-order valence-corrected chi connectivity index (χ4v) is 4.59. The zero-order valence-corrected chi connectivity index (χ0v) is 22.5. The molecule has 4 amide bonds. The van der Waals surface area contributed by atoms with Crippen molar-refractivity contribution in [3.05, 3.63) is 77.0 Å². The van der Waals surface area contributed by atoms with Gasteiger partial charge in [0.25, 0.3) is 5.91 Å². The summed E-state index contributed by atoms with van der Waals surface area (Å²) in [5.41, 5.74) is 2.98. The molecule has 0 spiro atoms. The number of benzene rings is 2. The summed E-state index contributed by atoms with van der Waals surface area (Å²) in [5.74, 6) is -0.0320. The SMILES string of the molecule is CCC(=O)Nc1ccc(C(=O)Nc2n[nH]c3c2CN(C(=O)N[C@@H](CN(C)C)c2ccccc2)C3(C)C)cc1. The van der Waals surface area contributed by atoms with Crippen LogP contribution in [0.1, 0.15) is 60.4 Å². The van der Waals surface area contributed by atoms with E-state index in [4.69, 9.17) is 0 Å². The van der Waals surface area contributed by atoms with Crippen LogP contribution in [-0.2, 0) is 16.9 Å². The molecule has 0 saturated carbocycles. The number of aromatic nitrogens is 2. The van der Waals surface area contributed by atoms with Crippen LogP contribution in [0.4, 0.5) is 16.3 Å². The van der Waals surface area contributed by atoms with E-state index in [2.05, 4.69) is 26.1 Å². The quantitative estimate of drug-likeness (QED) is 0.359. The minimum atomic E-state index is -0.659. The normalized spacial score (nSPS) is 14.6. The molecular formula is C28H35N7O3. The third-order valence-corrected chi connectivity index (χ3v) is 6.75. The average Bonchev–Trinajstić information content (AvgIpc) is 3.41. The van der Waals surface area contributed by atoms with Crippen LogP contribution < -0.4 is 16.0 Å². The van der Waals surface area contributed by atoms with Gasteiger partial charge in [-0.05, 0) is 57.8 Å². The molecule has 1 aliphatic rings. The summed E-state index contributed by atoms with van der Waals surface area (Å²) in [6, 6.07) is 16.2. The molecule has 3 aromatic rings. The molecular weight excluding hydrogens is 482 g/mol. The number of H-pyrrole nitrogens is 1. The van der Waals surface area contributed by atoms with Crippen LogP contribution in [0, 0.1) is 0 Å². The number of aromatic amines is 1. The van der Waals surface area contributed by atoms with E-state index in [0.29, 0.717) is 36.6 Å². The summed E-state index contributed by atoms with van der Waals surface area (Å²) in [6.07, 6.45) is 0.375. The van der Waals surface area contributed by atoms with Gasteiger partial charge in [-0.15, -0.1) is 0 Å². The van der Waals surface area contributed by atoms with Crippen molar-refractivity contribution < 1.29 is 14.4 Å². The van der Waals surface area contributed by atoms with Crippen LogP contribution in [0.3, 0.4) is 0 Å². The second kappa shape index (κ2) is 11.1. The Morgan fingerprint density at radius 2 is 1.74 bits per heavy atom. The Hall–Kier alpha value is -4.18. The lowest BCUT2D eigenvalue weighted by molar-refractivity contribution is -0.115. The number of nitrogens with zero attached hydrogens (tertiary/aromatic N) is 3. The van der Waals surface area contributed by atoms with Gasteiger partial charge in [-0.25, -0.2) is 4.79 Å². The highest BCUT2D eigenvalue weighted by atomic mass is 16.2. The molecule has 1 aliphatic heterocycles. The van der Waals surface area contributed by atoms with Gasteiger partial charge < -0.3 is 25.8 Å². The van der Waals surface area contributed by atoms with Gasteiger partial charge in [-0.1, -0.05) is 37.3 Å². The topological polar surface area (TPSA) is 122 Å². The number of likely N-dealkylation sites (N-methyl/N-ethyl adjacent to an activating group) is 1. The molecule has 1 atom stereocenters. The van der Waals surface area contributed by atoms with Gasteiger partial charge in [0.2, 0.25) is 5.91 Å². The number of rotatable bonds is 8. The predicted molar refractivity (Wildman–Crippen MR) is 147 cm³/mol. The summed E-state index contributed by atoms with van der Waals surface area (Å²) in [7, 11) is 3.95. The van der Waals surface area contributed by atoms with Crippen molar-refractivity contribution in [1.29, 1.82) is 0 Å². The Morgan fingerprint density at radius 1 is 1.05 bits per heavy atom. The van der Waals surface area contributed by atoms with E-state index in [-0.39, 0.29) is 23.9 Å². The van der Waals surface area contributed by atoms with Crippen LogP contribution in [0.5, 0.6) is 0 Å². The van der Waals surface area contributed by atoms with Gasteiger partial charge in [0.1, 0.15) is 0 Å². The summed E-state index contributed by atoms with van der Waals surface area (Å²) < 4.78 is 0. The lowest BCUT2D eigenvalue weighted by Crippen LogP contribution is -2.48. The molecule has 10 heteroatoms. The smallest absolute Gasteiger partial charge is 0.319 e. The first-order chi connectivity index (χ1) is 18.1. The molecule has 2 aromatic carbocycles. The molecule has 1 aromatic heterocycles. The van der Waals surface area contributed by atoms with E-state index in [1.165, 1.54) is 0 Å². The summed E-state index contributed by atoms with van der Waals surface area (Å²) in [4.78, 5) is 41.8. The summed E-state index contributed by atoms with van der Waals surface area (Å²) in [5, 5.41) is 16.2. The fraction of sp³-hybridized carbons (Fsp3) is 0.357. The Morgan fingerprint density at radius 3 is 2.37 bits per heavy atom. The summed E-state index contributed by atoms with van der Waals surface area (Å²) >= 11 is 0. The standard InChI is InChI=1S/C28H35N7O3/c1-6-23(36)29-20-14-12-19(13-15-20)26(37)31-25-21-16-35(28(2,3)24(21)32-33-25)27(38)30-22(17-34(4)5)18-10-8-7-9-11-18/h7-15,22H,6,16-17H2,1-5H3,(H,29,36)(H,30,38)(H2,31,32,33,37)/t22-/m0/s1. The fourth-order valence-electron chi connectivity index (χ4n) is 4.59. The van der Waals surface area contributed by atoms with Gasteiger partial charge in [-0.3, -0.25) is 14.7 Å². The lowest BCUT2D eigenvalue weighted by Gasteiger charge is -2.34. The van der Waals surface area contributed by atoms with E-state index >= 15 is 0 Å². The molecule has 4 rings (SSSR count). The monoisotopic (exact) mass is 517 g/mol.